The van der Waals surface area contributed by atoms with E-state index in [0.29, 0.717) is 13.2 Å². The fourth-order valence-electron chi connectivity index (χ4n) is 1.65. The van der Waals surface area contributed by atoms with E-state index in [-0.39, 0.29) is 0 Å². The molecule has 0 unspecified atom stereocenters. The summed E-state index contributed by atoms with van der Waals surface area (Å²) in [6, 6.07) is 10.3. The van der Waals surface area contributed by atoms with Crippen LogP contribution in [0.15, 0.2) is 35.7 Å². The van der Waals surface area contributed by atoms with E-state index >= 15 is 0 Å². The van der Waals surface area contributed by atoms with Crippen molar-refractivity contribution in [2.24, 2.45) is 0 Å². The van der Waals surface area contributed by atoms with Crippen molar-refractivity contribution >= 4 is 11.3 Å². The van der Waals surface area contributed by atoms with Crippen LogP contribution >= 0.6 is 11.3 Å². The number of benzene rings is 1. The average Bonchev–Trinajstić information content (AvgIpc) is 2.74. The summed E-state index contributed by atoms with van der Waals surface area (Å²) in [6.45, 7) is 1.29. The van der Waals surface area contributed by atoms with Crippen LogP contribution in [0.1, 0.15) is 0 Å². The summed E-state index contributed by atoms with van der Waals surface area (Å²) in [5, 5.41) is 2.01. The minimum absolute atomic E-state index is 0.642. The van der Waals surface area contributed by atoms with E-state index in [1.807, 2.05) is 23.6 Å². The van der Waals surface area contributed by atoms with Crippen LogP contribution in [-0.2, 0) is 0 Å². The fourth-order valence-corrected chi connectivity index (χ4v) is 2.59. The van der Waals surface area contributed by atoms with Gasteiger partial charge in [0.2, 0.25) is 0 Å². The third-order valence-electron chi connectivity index (χ3n) is 2.34. The van der Waals surface area contributed by atoms with E-state index in [1.54, 1.807) is 11.3 Å². The maximum absolute atomic E-state index is 5.63. The lowest BCUT2D eigenvalue weighted by Gasteiger charge is -2.15. The Hall–Kier alpha value is -1.48. The topological polar surface area (TPSA) is 18.5 Å². The Kier molecular flexibility index (Phi) is 2.10. The van der Waals surface area contributed by atoms with E-state index in [2.05, 4.69) is 12.1 Å². The average molecular weight is 218 g/mol. The lowest BCUT2D eigenvalue weighted by Crippen LogP contribution is -2.14. The van der Waals surface area contributed by atoms with E-state index in [9.17, 15) is 0 Å². The molecule has 0 N–H and O–H groups in total. The standard InChI is InChI=1S/C12H10O2S/c1-2-4-9(5-3-1)12-11-10(8-15-12)13-6-7-14-11/h1-5,8H,6-7H2. The molecule has 0 atom stereocenters. The second kappa shape index (κ2) is 3.59. The molecular weight excluding hydrogens is 208 g/mol. The summed E-state index contributed by atoms with van der Waals surface area (Å²) in [6.07, 6.45) is 0. The second-order valence-electron chi connectivity index (χ2n) is 3.32. The quantitative estimate of drug-likeness (QED) is 0.732. The highest BCUT2D eigenvalue weighted by Crippen LogP contribution is 2.45. The Bertz CT molecular complexity index is 462. The number of hydrogen-bond acceptors (Lipinski definition) is 3. The van der Waals surface area contributed by atoms with Crippen molar-refractivity contribution in [2.45, 2.75) is 0 Å². The minimum Gasteiger partial charge on any atom is -0.485 e. The molecule has 0 bridgehead atoms. The zero-order valence-corrected chi connectivity index (χ0v) is 8.92. The maximum atomic E-state index is 5.63. The van der Waals surface area contributed by atoms with Gasteiger partial charge in [0.25, 0.3) is 0 Å². The van der Waals surface area contributed by atoms with Crippen molar-refractivity contribution in [3.63, 3.8) is 0 Å². The highest BCUT2D eigenvalue weighted by atomic mass is 32.1. The van der Waals surface area contributed by atoms with E-state index in [1.165, 1.54) is 5.56 Å². The Balaban J connectivity index is 2.09. The second-order valence-corrected chi connectivity index (χ2v) is 4.20. The number of ether oxygens (including phenoxy) is 2. The zero-order valence-electron chi connectivity index (χ0n) is 8.10. The molecule has 2 aromatic rings. The van der Waals surface area contributed by atoms with Crippen LogP contribution in [0, 0.1) is 0 Å². The fraction of sp³-hybridized carbons (Fsp3) is 0.167. The van der Waals surface area contributed by atoms with Gasteiger partial charge in [-0.1, -0.05) is 30.3 Å². The first kappa shape index (κ1) is 8.80. The molecular formula is C12H10O2S. The zero-order chi connectivity index (χ0) is 10.1. The van der Waals surface area contributed by atoms with Gasteiger partial charge in [-0.2, -0.15) is 0 Å². The van der Waals surface area contributed by atoms with Crippen molar-refractivity contribution in [1.82, 2.24) is 0 Å². The first-order chi connectivity index (χ1) is 7.45. The lowest BCUT2D eigenvalue weighted by molar-refractivity contribution is 0.174. The van der Waals surface area contributed by atoms with Crippen LogP contribution in [-0.4, -0.2) is 13.2 Å². The van der Waals surface area contributed by atoms with Gasteiger partial charge >= 0.3 is 0 Å². The molecule has 15 heavy (non-hydrogen) atoms. The van der Waals surface area contributed by atoms with E-state index in [4.69, 9.17) is 9.47 Å². The van der Waals surface area contributed by atoms with Crippen LogP contribution in [0.2, 0.25) is 0 Å². The highest BCUT2D eigenvalue weighted by Gasteiger charge is 2.19. The third-order valence-corrected chi connectivity index (χ3v) is 3.33. The summed E-state index contributed by atoms with van der Waals surface area (Å²) in [5.41, 5.74) is 1.19. The van der Waals surface area contributed by atoms with Crippen LogP contribution in [0.5, 0.6) is 11.5 Å². The molecule has 0 amide bonds. The molecule has 1 aromatic heterocycles. The molecule has 0 radical (unpaired) electrons. The molecule has 76 valence electrons. The van der Waals surface area contributed by atoms with Crippen molar-refractivity contribution < 1.29 is 9.47 Å². The van der Waals surface area contributed by atoms with Gasteiger partial charge in [0.15, 0.2) is 11.5 Å². The minimum atomic E-state index is 0.642. The Labute approximate surface area is 92.1 Å². The third kappa shape index (κ3) is 1.49. The molecule has 0 fully saturated rings. The van der Waals surface area contributed by atoms with Gasteiger partial charge in [0.1, 0.15) is 13.2 Å². The van der Waals surface area contributed by atoms with Crippen LogP contribution in [0.3, 0.4) is 0 Å². The van der Waals surface area contributed by atoms with Gasteiger partial charge in [0, 0.05) is 5.38 Å². The summed E-state index contributed by atoms with van der Waals surface area (Å²) < 4.78 is 11.1. The van der Waals surface area contributed by atoms with Crippen molar-refractivity contribution in [2.75, 3.05) is 13.2 Å². The first-order valence-corrected chi connectivity index (χ1v) is 5.75. The first-order valence-electron chi connectivity index (χ1n) is 4.87. The van der Waals surface area contributed by atoms with Crippen LogP contribution in [0.25, 0.3) is 10.4 Å². The van der Waals surface area contributed by atoms with Gasteiger partial charge in [-0.15, -0.1) is 11.3 Å². The number of hydrogen-bond donors (Lipinski definition) is 0. The monoisotopic (exact) mass is 218 g/mol. The summed E-state index contributed by atoms with van der Waals surface area (Å²) in [4.78, 5) is 1.16. The largest absolute Gasteiger partial charge is 0.485 e. The molecule has 2 heterocycles. The number of rotatable bonds is 1. The molecule has 0 aliphatic carbocycles. The van der Waals surface area contributed by atoms with Gasteiger partial charge in [-0.3, -0.25) is 0 Å². The molecule has 1 aliphatic heterocycles. The molecule has 3 heteroatoms. The molecule has 2 nitrogen and oxygen atoms in total. The normalized spacial score (nSPS) is 13.9. The van der Waals surface area contributed by atoms with E-state index in [0.717, 1.165) is 16.4 Å². The van der Waals surface area contributed by atoms with Crippen molar-refractivity contribution in [3.8, 4) is 21.9 Å². The Morgan fingerprint density at radius 3 is 2.67 bits per heavy atom. The maximum Gasteiger partial charge on any atom is 0.179 e. The molecule has 1 aromatic carbocycles. The number of thiophene rings is 1. The molecule has 1 aliphatic rings. The van der Waals surface area contributed by atoms with Gasteiger partial charge in [-0.25, -0.2) is 0 Å². The molecule has 0 saturated carbocycles. The van der Waals surface area contributed by atoms with Crippen LogP contribution < -0.4 is 9.47 Å². The van der Waals surface area contributed by atoms with Gasteiger partial charge in [0.05, 0.1) is 4.88 Å². The lowest BCUT2D eigenvalue weighted by atomic mass is 10.2. The van der Waals surface area contributed by atoms with E-state index < -0.39 is 0 Å². The SMILES string of the molecule is c1ccc(-c2scc3c2OCCO3)cc1. The van der Waals surface area contributed by atoms with Gasteiger partial charge in [-0.05, 0) is 5.56 Å². The predicted molar refractivity (Wildman–Crippen MR) is 60.7 cm³/mol. The van der Waals surface area contributed by atoms with Crippen molar-refractivity contribution in [3.05, 3.63) is 35.7 Å². The summed E-state index contributed by atoms with van der Waals surface area (Å²) in [5.74, 6) is 1.78. The Morgan fingerprint density at radius 1 is 1.00 bits per heavy atom. The molecule has 0 saturated heterocycles. The summed E-state index contributed by atoms with van der Waals surface area (Å²) in [7, 11) is 0. The Morgan fingerprint density at radius 2 is 1.80 bits per heavy atom. The number of fused-ring (bicyclic) bond motifs is 1. The molecule has 0 spiro atoms. The van der Waals surface area contributed by atoms with Crippen molar-refractivity contribution in [1.29, 1.82) is 0 Å². The smallest absolute Gasteiger partial charge is 0.179 e. The predicted octanol–water partition coefficient (Wildman–Crippen LogP) is 3.19. The van der Waals surface area contributed by atoms with Crippen LogP contribution in [0.4, 0.5) is 0 Å². The van der Waals surface area contributed by atoms with Gasteiger partial charge < -0.3 is 9.47 Å². The summed E-state index contributed by atoms with van der Waals surface area (Å²) >= 11 is 1.67. The highest BCUT2D eigenvalue weighted by molar-refractivity contribution is 7.14. The molecule has 3 rings (SSSR count).